The van der Waals surface area contributed by atoms with Crippen LogP contribution in [0.3, 0.4) is 0 Å². The van der Waals surface area contributed by atoms with Crippen molar-refractivity contribution < 1.29 is 9.15 Å². The van der Waals surface area contributed by atoms with Crippen LogP contribution in [0.1, 0.15) is 43.9 Å². The van der Waals surface area contributed by atoms with Crippen molar-refractivity contribution in [3.63, 3.8) is 0 Å². The summed E-state index contributed by atoms with van der Waals surface area (Å²) >= 11 is 6.12. The Hall–Kier alpha value is -1.03. The largest absolute Gasteiger partial charge is 0.458 e. The molecule has 0 saturated carbocycles. The molecule has 2 unspecified atom stereocenters. The summed E-state index contributed by atoms with van der Waals surface area (Å²) in [7, 11) is 0. The Labute approximate surface area is 124 Å². The van der Waals surface area contributed by atoms with Gasteiger partial charge in [-0.15, -0.1) is 0 Å². The molecule has 1 aromatic carbocycles. The lowest BCUT2D eigenvalue weighted by Gasteiger charge is -2.23. The fourth-order valence-corrected chi connectivity index (χ4v) is 2.99. The number of halogens is 1. The van der Waals surface area contributed by atoms with Gasteiger partial charge >= 0.3 is 0 Å². The summed E-state index contributed by atoms with van der Waals surface area (Å²) in [5, 5.41) is 1.65. The monoisotopic (exact) mass is 293 g/mol. The molecular weight excluding hydrogens is 274 g/mol. The van der Waals surface area contributed by atoms with Crippen LogP contribution in [0.5, 0.6) is 0 Å². The van der Waals surface area contributed by atoms with Crippen LogP contribution in [-0.4, -0.2) is 12.7 Å². The maximum Gasteiger partial charge on any atom is 0.152 e. The third-order valence-corrected chi connectivity index (χ3v) is 4.25. The Morgan fingerprint density at radius 1 is 1.35 bits per heavy atom. The van der Waals surface area contributed by atoms with Crippen molar-refractivity contribution in [3.8, 4) is 0 Å². The molecule has 0 spiro atoms. The molecule has 2 heterocycles. The zero-order valence-corrected chi connectivity index (χ0v) is 12.2. The normalized spacial score (nSPS) is 21.2. The van der Waals surface area contributed by atoms with E-state index in [1.54, 1.807) is 0 Å². The lowest BCUT2D eigenvalue weighted by Crippen LogP contribution is -2.21. The number of para-hydroxylation sites is 1. The van der Waals surface area contributed by atoms with Crippen LogP contribution >= 0.6 is 11.6 Å². The highest BCUT2D eigenvalue weighted by molar-refractivity contribution is 6.34. The van der Waals surface area contributed by atoms with Crippen LogP contribution in [0.4, 0.5) is 0 Å². The van der Waals surface area contributed by atoms with Gasteiger partial charge in [-0.1, -0.05) is 23.7 Å². The van der Waals surface area contributed by atoms with Gasteiger partial charge < -0.3 is 14.9 Å². The topological polar surface area (TPSA) is 48.4 Å². The van der Waals surface area contributed by atoms with Gasteiger partial charge in [-0.25, -0.2) is 0 Å². The van der Waals surface area contributed by atoms with Crippen LogP contribution in [0, 0.1) is 0 Å². The van der Waals surface area contributed by atoms with E-state index in [1.807, 2.05) is 24.3 Å². The van der Waals surface area contributed by atoms with Crippen molar-refractivity contribution in [1.29, 1.82) is 0 Å². The van der Waals surface area contributed by atoms with Crippen molar-refractivity contribution in [2.24, 2.45) is 5.73 Å². The number of nitrogens with two attached hydrogens (primary N) is 1. The maximum absolute atomic E-state index is 6.23. The highest BCUT2D eigenvalue weighted by atomic mass is 35.5. The predicted octanol–water partition coefficient (Wildman–Crippen LogP) is 4.44. The van der Waals surface area contributed by atoms with E-state index in [0.29, 0.717) is 11.1 Å². The minimum Gasteiger partial charge on any atom is -0.458 e. The molecule has 108 valence electrons. The van der Waals surface area contributed by atoms with Crippen LogP contribution in [0.25, 0.3) is 11.0 Å². The van der Waals surface area contributed by atoms with Crippen molar-refractivity contribution >= 4 is 22.6 Å². The second-order valence-corrected chi connectivity index (χ2v) is 5.89. The standard InChI is InChI=1S/C16H20ClNO2/c17-13-6-3-4-11-10-15(20-16(11)13)14(18)8-7-12-5-1-2-9-19-12/h3-4,6,10,12,14H,1-2,5,7-9,18H2. The van der Waals surface area contributed by atoms with E-state index >= 15 is 0 Å². The highest BCUT2D eigenvalue weighted by Gasteiger charge is 2.18. The van der Waals surface area contributed by atoms with Gasteiger partial charge in [-0.3, -0.25) is 0 Å². The van der Waals surface area contributed by atoms with E-state index in [1.165, 1.54) is 12.8 Å². The second-order valence-electron chi connectivity index (χ2n) is 5.48. The summed E-state index contributed by atoms with van der Waals surface area (Å²) < 4.78 is 11.5. The third kappa shape index (κ3) is 3.00. The summed E-state index contributed by atoms with van der Waals surface area (Å²) in [6.07, 6.45) is 5.83. The first-order valence-electron chi connectivity index (χ1n) is 7.29. The summed E-state index contributed by atoms with van der Waals surface area (Å²) in [6.45, 7) is 0.889. The molecule has 20 heavy (non-hydrogen) atoms. The highest BCUT2D eigenvalue weighted by Crippen LogP contribution is 2.30. The molecule has 1 aromatic heterocycles. The Morgan fingerprint density at radius 3 is 3.00 bits per heavy atom. The predicted molar refractivity (Wildman–Crippen MR) is 81.0 cm³/mol. The molecule has 3 rings (SSSR count). The molecule has 1 fully saturated rings. The van der Waals surface area contributed by atoms with Crippen molar-refractivity contribution in [3.05, 3.63) is 35.0 Å². The minimum absolute atomic E-state index is 0.0935. The first-order valence-corrected chi connectivity index (χ1v) is 7.67. The fourth-order valence-electron chi connectivity index (χ4n) is 2.77. The second kappa shape index (κ2) is 6.17. The Morgan fingerprint density at radius 2 is 2.25 bits per heavy atom. The molecule has 4 heteroatoms. The summed E-state index contributed by atoms with van der Waals surface area (Å²) in [4.78, 5) is 0. The van der Waals surface area contributed by atoms with E-state index in [2.05, 4.69) is 0 Å². The lowest BCUT2D eigenvalue weighted by molar-refractivity contribution is 0.00887. The molecular formula is C16H20ClNO2. The van der Waals surface area contributed by atoms with Crippen LogP contribution < -0.4 is 5.73 Å². The summed E-state index contributed by atoms with van der Waals surface area (Å²) in [5.41, 5.74) is 6.96. The average Bonchev–Trinajstić information content (AvgIpc) is 2.91. The lowest BCUT2D eigenvalue weighted by atomic mass is 10.0. The molecule has 2 atom stereocenters. The van der Waals surface area contributed by atoms with Gasteiger partial charge in [0.15, 0.2) is 5.58 Å². The minimum atomic E-state index is -0.0935. The SMILES string of the molecule is NC(CCC1CCCCO1)c1cc2cccc(Cl)c2o1. The molecule has 0 radical (unpaired) electrons. The van der Waals surface area contributed by atoms with Crippen molar-refractivity contribution in [1.82, 2.24) is 0 Å². The molecule has 1 aliphatic heterocycles. The van der Waals surface area contributed by atoms with Crippen LogP contribution in [0.15, 0.2) is 28.7 Å². The fraction of sp³-hybridized carbons (Fsp3) is 0.500. The number of benzene rings is 1. The van der Waals surface area contributed by atoms with Gasteiger partial charge in [0, 0.05) is 12.0 Å². The van der Waals surface area contributed by atoms with Gasteiger partial charge in [-0.2, -0.15) is 0 Å². The summed E-state index contributed by atoms with van der Waals surface area (Å²) in [5.74, 6) is 0.809. The summed E-state index contributed by atoms with van der Waals surface area (Å²) in [6, 6.07) is 7.65. The molecule has 2 aromatic rings. The Bertz CT molecular complexity index is 575. The zero-order valence-electron chi connectivity index (χ0n) is 11.5. The molecule has 0 bridgehead atoms. The van der Waals surface area contributed by atoms with Crippen LogP contribution in [0.2, 0.25) is 5.02 Å². The number of ether oxygens (including phenoxy) is 1. The van der Waals surface area contributed by atoms with Crippen molar-refractivity contribution in [2.75, 3.05) is 6.61 Å². The van der Waals surface area contributed by atoms with E-state index in [4.69, 9.17) is 26.5 Å². The van der Waals surface area contributed by atoms with Gasteiger partial charge in [0.1, 0.15) is 5.76 Å². The molecule has 3 nitrogen and oxygen atoms in total. The molecule has 1 saturated heterocycles. The quantitative estimate of drug-likeness (QED) is 0.907. The van der Waals surface area contributed by atoms with Gasteiger partial charge in [0.05, 0.1) is 17.2 Å². The Balaban J connectivity index is 1.65. The van der Waals surface area contributed by atoms with E-state index in [0.717, 1.165) is 42.6 Å². The van der Waals surface area contributed by atoms with E-state index in [-0.39, 0.29) is 6.04 Å². The number of hydrogen-bond acceptors (Lipinski definition) is 3. The van der Waals surface area contributed by atoms with E-state index in [9.17, 15) is 0 Å². The molecule has 2 N–H and O–H groups in total. The van der Waals surface area contributed by atoms with Gasteiger partial charge in [-0.05, 0) is 44.2 Å². The number of fused-ring (bicyclic) bond motifs is 1. The Kier molecular flexibility index (Phi) is 4.29. The number of hydrogen-bond donors (Lipinski definition) is 1. The molecule has 0 aliphatic carbocycles. The smallest absolute Gasteiger partial charge is 0.152 e. The zero-order chi connectivity index (χ0) is 13.9. The first-order chi connectivity index (χ1) is 9.74. The third-order valence-electron chi connectivity index (χ3n) is 3.95. The van der Waals surface area contributed by atoms with E-state index < -0.39 is 0 Å². The van der Waals surface area contributed by atoms with Crippen molar-refractivity contribution in [2.45, 2.75) is 44.2 Å². The van der Waals surface area contributed by atoms with Gasteiger partial charge in [0.2, 0.25) is 0 Å². The van der Waals surface area contributed by atoms with Crippen LogP contribution in [-0.2, 0) is 4.74 Å². The first kappa shape index (κ1) is 13.9. The average molecular weight is 294 g/mol. The number of furan rings is 1. The van der Waals surface area contributed by atoms with Gasteiger partial charge in [0.25, 0.3) is 0 Å². The molecule has 1 aliphatic rings. The number of rotatable bonds is 4. The maximum atomic E-state index is 6.23. The molecule has 0 amide bonds.